The van der Waals surface area contributed by atoms with Crippen LogP contribution >= 0.6 is 11.6 Å². The van der Waals surface area contributed by atoms with Gasteiger partial charge in [-0.2, -0.15) is 0 Å². The fraction of sp³-hybridized carbons (Fsp3) is 0.158. The molecule has 2 aromatic carbocycles. The van der Waals surface area contributed by atoms with Gasteiger partial charge >= 0.3 is 0 Å². The van der Waals surface area contributed by atoms with Crippen LogP contribution in [0.1, 0.15) is 28.4 Å². The predicted molar refractivity (Wildman–Crippen MR) is 92.5 cm³/mol. The lowest BCUT2D eigenvalue weighted by Crippen LogP contribution is -2.03. The lowest BCUT2D eigenvalue weighted by atomic mass is 10.0. The van der Waals surface area contributed by atoms with E-state index in [9.17, 15) is 4.79 Å². The summed E-state index contributed by atoms with van der Waals surface area (Å²) in [4.78, 5) is 17.0. The average Bonchev–Trinajstić information content (AvgIpc) is 2.56. The van der Waals surface area contributed by atoms with E-state index in [4.69, 9.17) is 16.3 Å². The van der Waals surface area contributed by atoms with Gasteiger partial charge in [0.15, 0.2) is 5.78 Å². The molecule has 0 amide bonds. The average molecular weight is 326 g/mol. The van der Waals surface area contributed by atoms with Gasteiger partial charge in [0.2, 0.25) is 0 Å². The molecule has 0 saturated heterocycles. The maximum absolute atomic E-state index is 12.7. The van der Waals surface area contributed by atoms with Crippen LogP contribution in [0.25, 0.3) is 10.9 Å². The summed E-state index contributed by atoms with van der Waals surface area (Å²) in [5.41, 5.74) is 2.83. The van der Waals surface area contributed by atoms with Crippen molar-refractivity contribution in [2.75, 3.05) is 6.61 Å². The minimum Gasteiger partial charge on any atom is -0.494 e. The van der Waals surface area contributed by atoms with E-state index in [0.29, 0.717) is 28.5 Å². The molecule has 0 aliphatic carbocycles. The number of aryl methyl sites for hydroxylation is 1. The smallest absolute Gasteiger partial charge is 0.196 e. The van der Waals surface area contributed by atoms with Gasteiger partial charge in [0.25, 0.3) is 0 Å². The number of nitrogens with zero attached hydrogens (tertiary/aromatic N) is 1. The fourth-order valence-electron chi connectivity index (χ4n) is 2.41. The van der Waals surface area contributed by atoms with Gasteiger partial charge in [-0.25, -0.2) is 0 Å². The van der Waals surface area contributed by atoms with Crippen molar-refractivity contribution < 1.29 is 9.53 Å². The number of ketones is 1. The van der Waals surface area contributed by atoms with Crippen LogP contribution in [0.4, 0.5) is 0 Å². The van der Waals surface area contributed by atoms with E-state index < -0.39 is 0 Å². The number of carbonyl (C=O) groups is 1. The standard InChI is InChI=1S/C19H16ClNO2/c1-3-23-14-8-9-17-15(10-14)18(20)16(11-21-17)19(22)13-6-4-12(2)5-7-13/h4-11H,3H2,1-2H3. The largest absolute Gasteiger partial charge is 0.494 e. The Bertz CT molecular complexity index is 872. The van der Waals surface area contributed by atoms with Crippen molar-refractivity contribution in [3.05, 3.63) is 70.4 Å². The Hall–Kier alpha value is -2.39. The summed E-state index contributed by atoms with van der Waals surface area (Å²) in [6.45, 7) is 4.47. The molecule has 23 heavy (non-hydrogen) atoms. The van der Waals surface area contributed by atoms with Crippen LogP contribution in [-0.4, -0.2) is 17.4 Å². The van der Waals surface area contributed by atoms with E-state index in [1.54, 1.807) is 12.1 Å². The number of fused-ring (bicyclic) bond motifs is 1. The van der Waals surface area contributed by atoms with Crippen LogP contribution < -0.4 is 4.74 Å². The number of halogens is 1. The number of hydrogen-bond acceptors (Lipinski definition) is 3. The summed E-state index contributed by atoms with van der Waals surface area (Å²) in [7, 11) is 0. The third-order valence-electron chi connectivity index (χ3n) is 3.64. The second kappa shape index (κ2) is 6.39. The normalized spacial score (nSPS) is 10.7. The first-order chi connectivity index (χ1) is 11.1. The molecule has 0 saturated carbocycles. The van der Waals surface area contributed by atoms with Crippen molar-refractivity contribution in [3.63, 3.8) is 0 Å². The van der Waals surface area contributed by atoms with Crippen molar-refractivity contribution in [2.24, 2.45) is 0 Å². The Labute approximate surface area is 139 Å². The number of benzene rings is 2. The molecule has 0 bridgehead atoms. The third-order valence-corrected chi connectivity index (χ3v) is 4.05. The van der Waals surface area contributed by atoms with E-state index in [2.05, 4.69) is 4.98 Å². The van der Waals surface area contributed by atoms with Crippen molar-refractivity contribution in [1.29, 1.82) is 0 Å². The molecule has 1 aromatic heterocycles. The number of ether oxygens (including phenoxy) is 1. The Balaban J connectivity index is 2.08. The number of hydrogen-bond donors (Lipinski definition) is 0. The van der Waals surface area contributed by atoms with Gasteiger partial charge in [-0.05, 0) is 32.0 Å². The molecule has 0 atom stereocenters. The van der Waals surface area contributed by atoms with E-state index in [1.807, 2.05) is 44.2 Å². The Kier molecular flexibility index (Phi) is 4.30. The molecular formula is C19H16ClNO2. The van der Waals surface area contributed by atoms with Crippen molar-refractivity contribution in [3.8, 4) is 5.75 Å². The minimum absolute atomic E-state index is 0.133. The van der Waals surface area contributed by atoms with Crippen LogP contribution in [0, 0.1) is 6.92 Å². The zero-order chi connectivity index (χ0) is 16.4. The molecule has 0 unspecified atom stereocenters. The molecule has 0 aliphatic rings. The summed E-state index contributed by atoms with van der Waals surface area (Å²) < 4.78 is 5.50. The van der Waals surface area contributed by atoms with E-state index in [0.717, 1.165) is 16.5 Å². The number of carbonyl (C=O) groups excluding carboxylic acids is 1. The second-order valence-electron chi connectivity index (χ2n) is 5.29. The Morgan fingerprint density at radius 2 is 1.91 bits per heavy atom. The number of rotatable bonds is 4. The summed E-state index contributed by atoms with van der Waals surface area (Å²) >= 11 is 6.47. The zero-order valence-electron chi connectivity index (χ0n) is 13.0. The van der Waals surface area contributed by atoms with Crippen molar-refractivity contribution >= 4 is 28.3 Å². The van der Waals surface area contributed by atoms with Crippen LogP contribution in [0.5, 0.6) is 5.75 Å². The summed E-state index contributed by atoms with van der Waals surface area (Å²) in [6.07, 6.45) is 1.53. The van der Waals surface area contributed by atoms with Gasteiger partial charge in [-0.15, -0.1) is 0 Å². The van der Waals surface area contributed by atoms with Gasteiger partial charge in [-0.3, -0.25) is 9.78 Å². The molecule has 0 spiro atoms. The SMILES string of the molecule is CCOc1ccc2ncc(C(=O)c3ccc(C)cc3)c(Cl)c2c1. The summed E-state index contributed by atoms with van der Waals surface area (Å²) in [5.74, 6) is 0.579. The first-order valence-electron chi connectivity index (χ1n) is 7.42. The van der Waals surface area contributed by atoms with E-state index in [1.165, 1.54) is 6.20 Å². The van der Waals surface area contributed by atoms with Crippen molar-refractivity contribution in [2.45, 2.75) is 13.8 Å². The Morgan fingerprint density at radius 3 is 2.61 bits per heavy atom. The first kappa shape index (κ1) is 15.5. The van der Waals surface area contributed by atoms with Crippen molar-refractivity contribution in [1.82, 2.24) is 4.98 Å². The van der Waals surface area contributed by atoms with Crippen LogP contribution in [0.3, 0.4) is 0 Å². The van der Waals surface area contributed by atoms with Gasteiger partial charge < -0.3 is 4.74 Å². The topological polar surface area (TPSA) is 39.2 Å². The predicted octanol–water partition coefficient (Wildman–Crippen LogP) is 4.83. The molecule has 1 heterocycles. The van der Waals surface area contributed by atoms with Gasteiger partial charge in [0.05, 0.1) is 22.7 Å². The van der Waals surface area contributed by atoms with Crippen LogP contribution in [0.2, 0.25) is 5.02 Å². The highest BCUT2D eigenvalue weighted by atomic mass is 35.5. The molecular weight excluding hydrogens is 310 g/mol. The second-order valence-corrected chi connectivity index (χ2v) is 5.67. The van der Waals surface area contributed by atoms with Gasteiger partial charge in [0, 0.05) is 17.1 Å². The molecule has 116 valence electrons. The van der Waals surface area contributed by atoms with Crippen LogP contribution in [-0.2, 0) is 0 Å². The minimum atomic E-state index is -0.133. The lowest BCUT2D eigenvalue weighted by Gasteiger charge is -2.09. The fourth-order valence-corrected chi connectivity index (χ4v) is 2.70. The molecule has 4 heteroatoms. The quantitative estimate of drug-likeness (QED) is 0.645. The summed E-state index contributed by atoms with van der Waals surface area (Å²) in [6, 6.07) is 12.9. The lowest BCUT2D eigenvalue weighted by molar-refractivity contribution is 0.103. The third kappa shape index (κ3) is 3.06. The van der Waals surface area contributed by atoms with E-state index in [-0.39, 0.29) is 5.78 Å². The van der Waals surface area contributed by atoms with E-state index >= 15 is 0 Å². The zero-order valence-corrected chi connectivity index (χ0v) is 13.7. The molecule has 3 rings (SSSR count). The monoisotopic (exact) mass is 325 g/mol. The first-order valence-corrected chi connectivity index (χ1v) is 7.80. The summed E-state index contributed by atoms with van der Waals surface area (Å²) in [5, 5.41) is 1.12. The molecule has 3 aromatic rings. The molecule has 0 fully saturated rings. The molecule has 3 nitrogen and oxygen atoms in total. The number of pyridine rings is 1. The van der Waals surface area contributed by atoms with Gasteiger partial charge in [-0.1, -0.05) is 41.4 Å². The maximum atomic E-state index is 12.7. The highest BCUT2D eigenvalue weighted by molar-refractivity contribution is 6.39. The maximum Gasteiger partial charge on any atom is 0.196 e. The molecule has 0 aliphatic heterocycles. The Morgan fingerprint density at radius 1 is 1.17 bits per heavy atom. The van der Waals surface area contributed by atoms with Gasteiger partial charge in [0.1, 0.15) is 5.75 Å². The number of aromatic nitrogens is 1. The molecule has 0 N–H and O–H groups in total. The molecule has 0 radical (unpaired) electrons. The van der Waals surface area contributed by atoms with Crippen LogP contribution in [0.15, 0.2) is 48.7 Å². The highest BCUT2D eigenvalue weighted by Crippen LogP contribution is 2.30. The highest BCUT2D eigenvalue weighted by Gasteiger charge is 2.16.